The second-order valence-corrected chi connectivity index (χ2v) is 5.38. The van der Waals surface area contributed by atoms with Crippen molar-refractivity contribution in [2.24, 2.45) is 0 Å². The molecule has 0 aliphatic carbocycles. The molecule has 2 amide bonds. The summed E-state index contributed by atoms with van der Waals surface area (Å²) in [6.45, 7) is 1.45. The highest BCUT2D eigenvalue weighted by atomic mass is 19.4. The molecule has 0 unspecified atom stereocenters. The van der Waals surface area contributed by atoms with E-state index in [1.807, 2.05) is 0 Å². The van der Waals surface area contributed by atoms with Gasteiger partial charge in [-0.15, -0.1) is 0 Å². The van der Waals surface area contributed by atoms with Gasteiger partial charge in [-0.3, -0.25) is 9.59 Å². The molecule has 1 atom stereocenters. The monoisotopic (exact) mass is 372 g/mol. The number of alkyl halides is 3. The van der Waals surface area contributed by atoms with E-state index >= 15 is 0 Å². The summed E-state index contributed by atoms with van der Waals surface area (Å²) in [5.74, 6) is -1.91. The number of nitrogens with zero attached hydrogens (tertiary/aromatic N) is 2. The first-order chi connectivity index (χ1) is 12.1. The van der Waals surface area contributed by atoms with E-state index in [0.717, 1.165) is 18.2 Å². The van der Waals surface area contributed by atoms with Gasteiger partial charge in [0.15, 0.2) is 5.82 Å². The second-order valence-electron chi connectivity index (χ2n) is 5.38. The molecule has 1 heterocycles. The Kier molecular flexibility index (Phi) is 5.93. The molecule has 0 radical (unpaired) electrons. The Hall–Kier alpha value is -2.95. The third kappa shape index (κ3) is 5.55. The maximum Gasteiger partial charge on any atom is 0.416 e. The van der Waals surface area contributed by atoms with Crippen LogP contribution in [-0.4, -0.2) is 39.7 Å². The topological polar surface area (TPSA) is 117 Å². The molecule has 0 saturated carbocycles. The van der Waals surface area contributed by atoms with Crippen molar-refractivity contribution in [3.05, 3.63) is 41.5 Å². The Balaban J connectivity index is 1.95. The number of nitrogens with one attached hydrogen (secondary N) is 2. The van der Waals surface area contributed by atoms with Crippen LogP contribution in [0.2, 0.25) is 0 Å². The van der Waals surface area contributed by atoms with Crippen LogP contribution in [0.15, 0.2) is 28.8 Å². The van der Waals surface area contributed by atoms with Crippen LogP contribution in [0.25, 0.3) is 0 Å². The fraction of sp³-hybridized carbons (Fsp3) is 0.333. The maximum atomic E-state index is 12.6. The van der Waals surface area contributed by atoms with Crippen molar-refractivity contribution in [2.75, 3.05) is 11.9 Å². The number of carbonyl (C=O) groups is 2. The lowest BCUT2D eigenvalue weighted by Gasteiger charge is -2.09. The molecule has 11 heteroatoms. The molecular formula is C15H15F3N4O4. The molecular weight excluding hydrogens is 357 g/mol. The van der Waals surface area contributed by atoms with E-state index in [2.05, 4.69) is 20.8 Å². The predicted molar refractivity (Wildman–Crippen MR) is 82.1 cm³/mol. The summed E-state index contributed by atoms with van der Waals surface area (Å²) >= 11 is 0. The van der Waals surface area contributed by atoms with Crippen molar-refractivity contribution < 1.29 is 32.4 Å². The van der Waals surface area contributed by atoms with Crippen LogP contribution in [0.3, 0.4) is 0 Å². The Morgan fingerprint density at radius 3 is 2.73 bits per heavy atom. The maximum absolute atomic E-state index is 12.6. The standard InChI is InChI=1S/C15H15F3N4O4/c1-8(23)7-19-13(25)14-21-11(22-26-14)6-12(24)20-10-4-2-3-9(5-10)15(16,17)18/h2-5,8,23H,6-7H2,1H3,(H,19,25)(H,20,24)/t8-/m1/s1. The first kappa shape index (κ1) is 19.4. The molecule has 2 rings (SSSR count). The summed E-state index contributed by atoms with van der Waals surface area (Å²) in [5, 5.41) is 17.2. The number of anilines is 1. The van der Waals surface area contributed by atoms with E-state index in [4.69, 9.17) is 9.63 Å². The first-order valence-corrected chi connectivity index (χ1v) is 7.41. The van der Waals surface area contributed by atoms with Crippen LogP contribution in [0, 0.1) is 0 Å². The molecule has 0 fully saturated rings. The molecule has 26 heavy (non-hydrogen) atoms. The zero-order valence-electron chi connectivity index (χ0n) is 13.5. The van der Waals surface area contributed by atoms with E-state index in [0.29, 0.717) is 0 Å². The highest BCUT2D eigenvalue weighted by Crippen LogP contribution is 2.30. The molecule has 8 nitrogen and oxygen atoms in total. The highest BCUT2D eigenvalue weighted by Gasteiger charge is 2.30. The quantitative estimate of drug-likeness (QED) is 0.705. The van der Waals surface area contributed by atoms with Gasteiger partial charge < -0.3 is 20.3 Å². The number of aliphatic hydroxyl groups excluding tert-OH is 1. The summed E-state index contributed by atoms with van der Waals surface area (Å²) in [7, 11) is 0. The minimum absolute atomic E-state index is 0.0213. The van der Waals surface area contributed by atoms with E-state index in [1.165, 1.54) is 13.0 Å². The number of aliphatic hydroxyl groups is 1. The Morgan fingerprint density at radius 1 is 1.35 bits per heavy atom. The van der Waals surface area contributed by atoms with Crippen LogP contribution in [0.1, 0.15) is 29.0 Å². The third-order valence-corrected chi connectivity index (χ3v) is 3.01. The van der Waals surface area contributed by atoms with E-state index in [1.54, 1.807) is 0 Å². The van der Waals surface area contributed by atoms with E-state index in [9.17, 15) is 22.8 Å². The van der Waals surface area contributed by atoms with Crippen molar-refractivity contribution in [3.63, 3.8) is 0 Å². The zero-order valence-corrected chi connectivity index (χ0v) is 13.5. The number of rotatable bonds is 6. The summed E-state index contributed by atoms with van der Waals surface area (Å²) in [6, 6.07) is 4.14. The molecule has 0 bridgehead atoms. The van der Waals surface area contributed by atoms with Gasteiger partial charge >= 0.3 is 18.0 Å². The molecule has 1 aromatic carbocycles. The van der Waals surface area contributed by atoms with Crippen molar-refractivity contribution in [1.29, 1.82) is 0 Å². The number of hydrogen-bond acceptors (Lipinski definition) is 6. The van der Waals surface area contributed by atoms with E-state index in [-0.39, 0.29) is 18.1 Å². The Morgan fingerprint density at radius 2 is 2.08 bits per heavy atom. The minimum Gasteiger partial charge on any atom is -0.392 e. The number of amides is 2. The van der Waals surface area contributed by atoms with Gasteiger partial charge in [-0.1, -0.05) is 11.2 Å². The lowest BCUT2D eigenvalue weighted by atomic mass is 10.2. The number of benzene rings is 1. The highest BCUT2D eigenvalue weighted by molar-refractivity contribution is 5.92. The van der Waals surface area contributed by atoms with Crippen molar-refractivity contribution in [2.45, 2.75) is 25.6 Å². The second kappa shape index (κ2) is 7.95. The molecule has 0 aliphatic heterocycles. The van der Waals surface area contributed by atoms with Gasteiger partial charge in [-0.25, -0.2) is 0 Å². The largest absolute Gasteiger partial charge is 0.416 e. The molecule has 0 spiro atoms. The van der Waals surface area contributed by atoms with Crippen molar-refractivity contribution >= 4 is 17.5 Å². The molecule has 3 N–H and O–H groups in total. The minimum atomic E-state index is -4.53. The van der Waals surface area contributed by atoms with Gasteiger partial charge in [0.1, 0.15) is 0 Å². The Bertz CT molecular complexity index is 789. The molecule has 140 valence electrons. The van der Waals surface area contributed by atoms with Crippen LogP contribution in [0.5, 0.6) is 0 Å². The fourth-order valence-electron chi connectivity index (χ4n) is 1.86. The SMILES string of the molecule is C[C@@H](O)CNC(=O)c1nc(CC(=O)Nc2cccc(C(F)(F)F)c2)no1. The first-order valence-electron chi connectivity index (χ1n) is 7.41. The molecule has 0 saturated heterocycles. The van der Waals surface area contributed by atoms with Crippen LogP contribution >= 0.6 is 0 Å². The van der Waals surface area contributed by atoms with Gasteiger partial charge in [0, 0.05) is 12.2 Å². The number of aromatic nitrogens is 2. The summed E-state index contributed by atoms with van der Waals surface area (Å²) in [6.07, 6.45) is -5.69. The van der Waals surface area contributed by atoms with Gasteiger partial charge in [0.25, 0.3) is 0 Å². The molecule has 1 aromatic heterocycles. The van der Waals surface area contributed by atoms with Crippen LogP contribution in [-0.2, 0) is 17.4 Å². The van der Waals surface area contributed by atoms with E-state index < -0.39 is 42.0 Å². The average molecular weight is 372 g/mol. The fourth-order valence-corrected chi connectivity index (χ4v) is 1.86. The van der Waals surface area contributed by atoms with Crippen molar-refractivity contribution in [3.8, 4) is 0 Å². The van der Waals surface area contributed by atoms with Crippen molar-refractivity contribution in [1.82, 2.24) is 15.5 Å². The lowest BCUT2D eigenvalue weighted by Crippen LogP contribution is -2.30. The van der Waals surface area contributed by atoms with Crippen LogP contribution < -0.4 is 10.6 Å². The zero-order chi connectivity index (χ0) is 19.3. The normalized spacial score (nSPS) is 12.5. The van der Waals surface area contributed by atoms with Gasteiger partial charge in [-0.2, -0.15) is 18.2 Å². The molecule has 0 aliphatic rings. The summed E-state index contributed by atoms with van der Waals surface area (Å²) in [4.78, 5) is 27.2. The average Bonchev–Trinajstić information content (AvgIpc) is 3.00. The summed E-state index contributed by atoms with van der Waals surface area (Å²) < 4.78 is 42.6. The third-order valence-electron chi connectivity index (χ3n) is 3.01. The van der Waals surface area contributed by atoms with Crippen LogP contribution in [0.4, 0.5) is 18.9 Å². The lowest BCUT2D eigenvalue weighted by molar-refractivity contribution is -0.137. The van der Waals surface area contributed by atoms with Gasteiger partial charge in [0.2, 0.25) is 5.91 Å². The smallest absolute Gasteiger partial charge is 0.392 e. The summed E-state index contributed by atoms with van der Waals surface area (Å²) in [5.41, 5.74) is -0.935. The molecule has 2 aromatic rings. The predicted octanol–water partition coefficient (Wildman–Crippen LogP) is 1.38. The van der Waals surface area contributed by atoms with Gasteiger partial charge in [-0.05, 0) is 25.1 Å². The number of hydrogen-bond donors (Lipinski definition) is 3. The number of halogens is 3. The van der Waals surface area contributed by atoms with Gasteiger partial charge in [0.05, 0.1) is 18.1 Å². The Labute approximate surface area is 145 Å². The number of carbonyl (C=O) groups excluding carboxylic acids is 2.